The van der Waals surface area contributed by atoms with Crippen molar-refractivity contribution in [2.75, 3.05) is 45.8 Å². The Morgan fingerprint density at radius 3 is 2.48 bits per heavy atom. The number of nitrogens with one attached hydrogen (secondary N) is 1. The Bertz CT molecular complexity index is 516. The molecule has 3 heterocycles. The van der Waals surface area contributed by atoms with Crippen molar-refractivity contribution in [2.45, 2.75) is 38.6 Å². The standard InChI is InChI=1S/C17H28N4O3.ClH/c1-13(22)19-7-2-4-14(11-19)17(24)20-8-3-5-15(12-20)21-9-6-18-10-16(21)23;/h14-15,18H,2-12H2,1H3;1H. The summed E-state index contributed by atoms with van der Waals surface area (Å²) in [7, 11) is 0. The van der Waals surface area contributed by atoms with Crippen LogP contribution in [0.3, 0.4) is 0 Å². The fourth-order valence-corrected chi connectivity index (χ4v) is 4.14. The fourth-order valence-electron chi connectivity index (χ4n) is 4.14. The lowest BCUT2D eigenvalue weighted by Gasteiger charge is -2.42. The van der Waals surface area contributed by atoms with E-state index in [1.165, 1.54) is 0 Å². The van der Waals surface area contributed by atoms with Crippen molar-refractivity contribution in [3.05, 3.63) is 0 Å². The lowest BCUT2D eigenvalue weighted by Crippen LogP contribution is -2.58. The highest BCUT2D eigenvalue weighted by Crippen LogP contribution is 2.23. The summed E-state index contributed by atoms with van der Waals surface area (Å²) < 4.78 is 0. The zero-order valence-corrected chi connectivity index (χ0v) is 15.7. The molecule has 25 heavy (non-hydrogen) atoms. The zero-order chi connectivity index (χ0) is 17.1. The quantitative estimate of drug-likeness (QED) is 0.745. The number of carbonyl (C=O) groups excluding carboxylic acids is 3. The van der Waals surface area contributed by atoms with Gasteiger partial charge in [0, 0.05) is 52.2 Å². The molecule has 0 aliphatic carbocycles. The van der Waals surface area contributed by atoms with Crippen LogP contribution >= 0.6 is 12.4 Å². The van der Waals surface area contributed by atoms with Crippen LogP contribution in [-0.2, 0) is 14.4 Å². The van der Waals surface area contributed by atoms with E-state index < -0.39 is 0 Å². The molecule has 0 spiro atoms. The third kappa shape index (κ3) is 4.64. The minimum atomic E-state index is -0.0832. The number of piperazine rings is 1. The molecule has 0 saturated carbocycles. The van der Waals surface area contributed by atoms with Crippen LogP contribution < -0.4 is 5.32 Å². The average molecular weight is 373 g/mol. The van der Waals surface area contributed by atoms with E-state index in [4.69, 9.17) is 0 Å². The van der Waals surface area contributed by atoms with Crippen LogP contribution in [0.25, 0.3) is 0 Å². The van der Waals surface area contributed by atoms with Gasteiger partial charge in [0.2, 0.25) is 17.7 Å². The maximum Gasteiger partial charge on any atom is 0.236 e. The molecule has 7 nitrogen and oxygen atoms in total. The van der Waals surface area contributed by atoms with Gasteiger partial charge in [-0.2, -0.15) is 0 Å². The number of hydrogen-bond acceptors (Lipinski definition) is 4. The highest BCUT2D eigenvalue weighted by molar-refractivity contribution is 5.85. The van der Waals surface area contributed by atoms with Gasteiger partial charge < -0.3 is 20.0 Å². The smallest absolute Gasteiger partial charge is 0.236 e. The molecule has 8 heteroatoms. The SMILES string of the molecule is CC(=O)N1CCCC(C(=O)N2CCCC(N3CCNCC3=O)C2)C1.Cl. The number of amides is 3. The van der Waals surface area contributed by atoms with E-state index in [1.54, 1.807) is 11.8 Å². The molecule has 0 aromatic rings. The van der Waals surface area contributed by atoms with Gasteiger partial charge in [-0.3, -0.25) is 14.4 Å². The van der Waals surface area contributed by atoms with E-state index in [0.717, 1.165) is 51.9 Å². The number of halogens is 1. The molecule has 142 valence electrons. The second kappa shape index (κ2) is 8.85. The maximum atomic E-state index is 12.9. The van der Waals surface area contributed by atoms with Crippen LogP contribution in [0, 0.1) is 5.92 Å². The molecule has 0 aromatic carbocycles. The first-order valence-corrected chi connectivity index (χ1v) is 9.10. The summed E-state index contributed by atoms with van der Waals surface area (Å²) in [5.41, 5.74) is 0. The molecule has 1 N–H and O–H groups in total. The second-order valence-corrected chi connectivity index (χ2v) is 7.15. The number of likely N-dealkylation sites (tertiary alicyclic amines) is 2. The van der Waals surface area contributed by atoms with E-state index in [1.807, 2.05) is 9.80 Å². The van der Waals surface area contributed by atoms with Gasteiger partial charge in [0.15, 0.2) is 0 Å². The van der Waals surface area contributed by atoms with E-state index in [9.17, 15) is 14.4 Å². The van der Waals surface area contributed by atoms with Crippen molar-refractivity contribution in [3.8, 4) is 0 Å². The predicted molar refractivity (Wildman–Crippen MR) is 96.4 cm³/mol. The van der Waals surface area contributed by atoms with Crippen LogP contribution in [-0.4, -0.2) is 84.3 Å². The lowest BCUT2D eigenvalue weighted by molar-refractivity contribution is -0.145. The molecule has 0 radical (unpaired) electrons. The Hall–Kier alpha value is -1.34. The third-order valence-corrected chi connectivity index (χ3v) is 5.49. The maximum absolute atomic E-state index is 12.9. The summed E-state index contributed by atoms with van der Waals surface area (Å²) in [4.78, 5) is 42.3. The molecule has 3 aliphatic rings. The first kappa shape index (κ1) is 20.0. The number of carbonyl (C=O) groups is 3. The Labute approximate surface area is 155 Å². The Kier molecular flexibility index (Phi) is 7.07. The number of hydrogen-bond donors (Lipinski definition) is 1. The normalized spacial score (nSPS) is 27.7. The first-order valence-electron chi connectivity index (χ1n) is 9.10. The number of piperidine rings is 2. The first-order chi connectivity index (χ1) is 11.6. The third-order valence-electron chi connectivity index (χ3n) is 5.49. The molecule has 3 saturated heterocycles. The monoisotopic (exact) mass is 372 g/mol. The van der Waals surface area contributed by atoms with Crippen LogP contribution in [0.2, 0.25) is 0 Å². The minimum Gasteiger partial charge on any atom is -0.342 e. The summed E-state index contributed by atoms with van der Waals surface area (Å²) in [5.74, 6) is 0.268. The molecule has 3 aliphatic heterocycles. The van der Waals surface area contributed by atoms with E-state index in [-0.39, 0.29) is 42.1 Å². The summed E-state index contributed by atoms with van der Waals surface area (Å²) in [6.07, 6.45) is 3.66. The van der Waals surface area contributed by atoms with E-state index >= 15 is 0 Å². The van der Waals surface area contributed by atoms with Gasteiger partial charge in [-0.15, -0.1) is 12.4 Å². The largest absolute Gasteiger partial charge is 0.342 e. The van der Waals surface area contributed by atoms with Crippen LogP contribution in [0.15, 0.2) is 0 Å². The molecule has 0 bridgehead atoms. The zero-order valence-electron chi connectivity index (χ0n) is 14.9. The van der Waals surface area contributed by atoms with Crippen LogP contribution in [0.1, 0.15) is 32.6 Å². The van der Waals surface area contributed by atoms with Gasteiger partial charge in [-0.1, -0.05) is 0 Å². The highest BCUT2D eigenvalue weighted by Gasteiger charge is 2.35. The predicted octanol–water partition coefficient (Wildman–Crippen LogP) is 0.0895. The summed E-state index contributed by atoms with van der Waals surface area (Å²) in [5, 5.41) is 3.10. The number of nitrogens with zero attached hydrogens (tertiary/aromatic N) is 3. The Balaban J connectivity index is 0.00000225. The molecule has 3 rings (SSSR count). The van der Waals surface area contributed by atoms with Crippen molar-refractivity contribution in [3.63, 3.8) is 0 Å². The minimum absolute atomic E-state index is 0. The summed E-state index contributed by atoms with van der Waals surface area (Å²) >= 11 is 0. The number of rotatable bonds is 2. The van der Waals surface area contributed by atoms with Crippen molar-refractivity contribution in [1.29, 1.82) is 0 Å². The lowest BCUT2D eigenvalue weighted by atomic mass is 9.94. The van der Waals surface area contributed by atoms with Crippen molar-refractivity contribution in [2.24, 2.45) is 5.92 Å². The molecular formula is C17H29ClN4O3. The van der Waals surface area contributed by atoms with Gasteiger partial charge in [0.05, 0.1) is 12.5 Å². The van der Waals surface area contributed by atoms with Crippen molar-refractivity contribution in [1.82, 2.24) is 20.0 Å². The highest BCUT2D eigenvalue weighted by atomic mass is 35.5. The van der Waals surface area contributed by atoms with Gasteiger partial charge in [-0.05, 0) is 25.7 Å². The second-order valence-electron chi connectivity index (χ2n) is 7.15. The molecule has 2 unspecified atom stereocenters. The fraction of sp³-hybridized carbons (Fsp3) is 0.824. The molecule has 3 fully saturated rings. The van der Waals surface area contributed by atoms with Gasteiger partial charge in [0.1, 0.15) is 0 Å². The Morgan fingerprint density at radius 2 is 1.76 bits per heavy atom. The van der Waals surface area contributed by atoms with E-state index in [2.05, 4.69) is 5.32 Å². The van der Waals surface area contributed by atoms with Crippen molar-refractivity contribution < 1.29 is 14.4 Å². The molecule has 3 amide bonds. The van der Waals surface area contributed by atoms with Crippen molar-refractivity contribution >= 4 is 30.1 Å². The van der Waals surface area contributed by atoms with Crippen LogP contribution in [0.5, 0.6) is 0 Å². The Morgan fingerprint density at radius 1 is 1.04 bits per heavy atom. The topological polar surface area (TPSA) is 73.0 Å². The van der Waals surface area contributed by atoms with Gasteiger partial charge in [0.25, 0.3) is 0 Å². The molecule has 2 atom stereocenters. The van der Waals surface area contributed by atoms with Crippen LogP contribution in [0.4, 0.5) is 0 Å². The molecular weight excluding hydrogens is 344 g/mol. The summed E-state index contributed by atoms with van der Waals surface area (Å²) in [6, 6.07) is 0.143. The average Bonchev–Trinajstić information content (AvgIpc) is 2.61. The van der Waals surface area contributed by atoms with Gasteiger partial charge >= 0.3 is 0 Å². The molecule has 0 aromatic heterocycles. The van der Waals surface area contributed by atoms with Gasteiger partial charge in [-0.25, -0.2) is 0 Å². The summed E-state index contributed by atoms with van der Waals surface area (Å²) in [6.45, 7) is 6.24. The van der Waals surface area contributed by atoms with E-state index in [0.29, 0.717) is 19.6 Å².